The summed E-state index contributed by atoms with van der Waals surface area (Å²) in [5, 5.41) is 9.37. The normalized spacial score (nSPS) is 12.0. The van der Waals surface area contributed by atoms with Crippen LogP contribution in [0.2, 0.25) is 0 Å². The van der Waals surface area contributed by atoms with Crippen LogP contribution >= 0.6 is 11.3 Å². The molecule has 0 aliphatic carbocycles. The van der Waals surface area contributed by atoms with Gasteiger partial charge in [-0.05, 0) is 13.8 Å². The number of carboxylic acid groups (broad SMARTS) is 1. The summed E-state index contributed by atoms with van der Waals surface area (Å²) in [6.45, 7) is 3.30. The third kappa shape index (κ3) is 2.73. The lowest BCUT2D eigenvalue weighted by Crippen LogP contribution is -2.35. The first kappa shape index (κ1) is 13.4. The molecule has 1 aromatic rings. The molecule has 1 aromatic heterocycles. The first-order valence-corrected chi connectivity index (χ1v) is 5.71. The fourth-order valence-corrected chi connectivity index (χ4v) is 2.09. The van der Waals surface area contributed by atoms with Crippen LogP contribution in [0.25, 0.3) is 0 Å². The number of aromatic nitrogens is 1. The number of carbonyl (C=O) groups is 2. The van der Waals surface area contributed by atoms with E-state index in [1.54, 1.807) is 20.9 Å². The quantitative estimate of drug-likeness (QED) is 0.816. The zero-order valence-corrected chi connectivity index (χ0v) is 10.9. The molecule has 0 bridgehead atoms. The summed E-state index contributed by atoms with van der Waals surface area (Å²) in [6.07, 6.45) is 0. The molecule has 0 amide bonds. The van der Waals surface area contributed by atoms with Gasteiger partial charge in [-0.3, -0.25) is 0 Å². The van der Waals surface area contributed by atoms with Gasteiger partial charge in [-0.1, -0.05) is 0 Å². The Hall–Kier alpha value is -1.63. The molecule has 0 aliphatic heterocycles. The predicted octanol–water partition coefficient (Wildman–Crippen LogP) is 1.15. The van der Waals surface area contributed by atoms with Gasteiger partial charge in [0.15, 0.2) is 10.8 Å². The summed E-state index contributed by atoms with van der Waals surface area (Å²) in [6, 6.07) is -0.703. The monoisotopic (exact) mass is 258 g/mol. The van der Waals surface area contributed by atoms with Crippen molar-refractivity contribution in [1.82, 2.24) is 4.98 Å². The molecule has 0 fully saturated rings. The van der Waals surface area contributed by atoms with Crippen molar-refractivity contribution in [3.63, 3.8) is 0 Å². The van der Waals surface area contributed by atoms with E-state index >= 15 is 0 Å². The second kappa shape index (κ2) is 5.13. The molecule has 17 heavy (non-hydrogen) atoms. The van der Waals surface area contributed by atoms with Gasteiger partial charge in [-0.15, -0.1) is 11.3 Å². The summed E-state index contributed by atoms with van der Waals surface area (Å²) < 4.78 is 4.59. The topological polar surface area (TPSA) is 79.7 Å². The number of methoxy groups -OCH3 is 1. The number of carboxylic acids is 1. The van der Waals surface area contributed by atoms with Crippen molar-refractivity contribution < 1.29 is 19.4 Å². The number of rotatable bonds is 4. The van der Waals surface area contributed by atoms with Crippen LogP contribution in [0, 0.1) is 6.92 Å². The summed E-state index contributed by atoms with van der Waals surface area (Å²) >= 11 is 1.26. The minimum atomic E-state index is -0.944. The summed E-state index contributed by atoms with van der Waals surface area (Å²) in [4.78, 5) is 28.5. The predicted molar refractivity (Wildman–Crippen MR) is 63.7 cm³/mol. The van der Waals surface area contributed by atoms with Gasteiger partial charge in [0.05, 0.1) is 7.11 Å². The minimum absolute atomic E-state index is 0.233. The number of thiazole rings is 1. The zero-order chi connectivity index (χ0) is 13.2. The molecule has 0 saturated heterocycles. The average Bonchev–Trinajstić information content (AvgIpc) is 2.68. The molecule has 0 aliphatic rings. The van der Waals surface area contributed by atoms with Crippen molar-refractivity contribution in [2.24, 2.45) is 0 Å². The lowest BCUT2D eigenvalue weighted by atomic mass is 10.3. The molecular formula is C10H14N2O4S. The number of ether oxygens (including phenoxy) is 1. The standard InChI is InChI=1S/C10H14N2O4S/c1-5(8(13)14)12(3)10-11-7(6(2)17-10)9(15)16-4/h5H,1-4H3,(H,13,14). The van der Waals surface area contributed by atoms with Crippen LogP contribution in [-0.2, 0) is 9.53 Å². The Morgan fingerprint density at radius 1 is 1.53 bits per heavy atom. The molecule has 0 saturated carbocycles. The van der Waals surface area contributed by atoms with Crippen LogP contribution in [0.3, 0.4) is 0 Å². The molecular weight excluding hydrogens is 244 g/mol. The van der Waals surface area contributed by atoms with Crippen molar-refractivity contribution in [3.05, 3.63) is 10.6 Å². The maximum Gasteiger partial charge on any atom is 0.357 e. The Balaban J connectivity index is 3.01. The molecule has 1 rings (SSSR count). The van der Waals surface area contributed by atoms with E-state index < -0.39 is 18.0 Å². The summed E-state index contributed by atoms with van der Waals surface area (Å²) in [5.41, 5.74) is 0.233. The van der Waals surface area contributed by atoms with Crippen molar-refractivity contribution in [3.8, 4) is 0 Å². The van der Waals surface area contributed by atoms with E-state index in [2.05, 4.69) is 9.72 Å². The molecule has 1 heterocycles. The molecule has 0 aromatic carbocycles. The van der Waals surface area contributed by atoms with Gasteiger partial charge in [-0.25, -0.2) is 14.6 Å². The lowest BCUT2D eigenvalue weighted by Gasteiger charge is -2.19. The molecule has 94 valence electrons. The maximum atomic E-state index is 11.4. The number of aryl methyl sites for hydroxylation is 1. The molecule has 6 nitrogen and oxygen atoms in total. The smallest absolute Gasteiger partial charge is 0.357 e. The van der Waals surface area contributed by atoms with Crippen LogP contribution in [0.5, 0.6) is 0 Å². The number of likely N-dealkylation sites (N-methyl/N-ethyl adjacent to an activating group) is 1. The van der Waals surface area contributed by atoms with Gasteiger partial charge in [0.2, 0.25) is 0 Å². The van der Waals surface area contributed by atoms with Crippen LogP contribution in [0.4, 0.5) is 5.13 Å². The van der Waals surface area contributed by atoms with E-state index in [-0.39, 0.29) is 5.69 Å². The third-order valence-electron chi connectivity index (χ3n) is 2.40. The second-order valence-corrected chi connectivity index (χ2v) is 4.70. The molecule has 0 radical (unpaired) electrons. The summed E-state index contributed by atoms with van der Waals surface area (Å²) in [7, 11) is 2.91. The number of esters is 1. The van der Waals surface area contributed by atoms with Crippen LogP contribution in [0.15, 0.2) is 0 Å². The number of anilines is 1. The lowest BCUT2D eigenvalue weighted by molar-refractivity contribution is -0.138. The Kier molecular flexibility index (Phi) is 4.06. The van der Waals surface area contributed by atoms with Crippen molar-refractivity contribution in [2.75, 3.05) is 19.1 Å². The number of nitrogens with zero attached hydrogens (tertiary/aromatic N) is 2. The maximum absolute atomic E-state index is 11.4. The Morgan fingerprint density at radius 3 is 2.59 bits per heavy atom. The van der Waals surface area contributed by atoms with E-state index in [1.807, 2.05) is 0 Å². The first-order chi connectivity index (χ1) is 7.88. The zero-order valence-electron chi connectivity index (χ0n) is 10.1. The van der Waals surface area contributed by atoms with Gasteiger partial charge in [0.25, 0.3) is 0 Å². The van der Waals surface area contributed by atoms with Crippen LogP contribution in [-0.4, -0.2) is 42.2 Å². The van der Waals surface area contributed by atoms with Crippen LogP contribution < -0.4 is 4.90 Å². The largest absolute Gasteiger partial charge is 0.480 e. The SMILES string of the molecule is COC(=O)c1nc(N(C)C(C)C(=O)O)sc1C. The highest BCUT2D eigenvalue weighted by Crippen LogP contribution is 2.26. The van der Waals surface area contributed by atoms with Gasteiger partial charge >= 0.3 is 11.9 Å². The van der Waals surface area contributed by atoms with E-state index in [4.69, 9.17) is 5.11 Å². The van der Waals surface area contributed by atoms with Gasteiger partial charge in [-0.2, -0.15) is 0 Å². The average molecular weight is 258 g/mol. The number of hydrogen-bond acceptors (Lipinski definition) is 6. The Morgan fingerprint density at radius 2 is 2.12 bits per heavy atom. The van der Waals surface area contributed by atoms with E-state index in [0.29, 0.717) is 10.0 Å². The van der Waals surface area contributed by atoms with Crippen molar-refractivity contribution in [1.29, 1.82) is 0 Å². The highest BCUT2D eigenvalue weighted by atomic mass is 32.1. The summed E-state index contributed by atoms with van der Waals surface area (Å²) in [5.74, 6) is -1.46. The minimum Gasteiger partial charge on any atom is -0.480 e. The fourth-order valence-electron chi connectivity index (χ4n) is 1.15. The van der Waals surface area contributed by atoms with Crippen molar-refractivity contribution in [2.45, 2.75) is 19.9 Å². The van der Waals surface area contributed by atoms with Gasteiger partial charge in [0, 0.05) is 11.9 Å². The Bertz CT molecular complexity index is 444. The number of hydrogen-bond donors (Lipinski definition) is 1. The van der Waals surface area contributed by atoms with Gasteiger partial charge < -0.3 is 14.7 Å². The highest BCUT2D eigenvalue weighted by molar-refractivity contribution is 7.15. The number of carbonyl (C=O) groups excluding carboxylic acids is 1. The van der Waals surface area contributed by atoms with E-state index in [9.17, 15) is 9.59 Å². The number of aliphatic carboxylic acids is 1. The fraction of sp³-hybridized carbons (Fsp3) is 0.500. The van der Waals surface area contributed by atoms with Crippen molar-refractivity contribution >= 4 is 28.4 Å². The van der Waals surface area contributed by atoms with Crippen LogP contribution in [0.1, 0.15) is 22.3 Å². The molecule has 1 unspecified atom stereocenters. The molecule has 7 heteroatoms. The molecule has 0 spiro atoms. The molecule has 1 N–H and O–H groups in total. The van der Waals surface area contributed by atoms with E-state index in [0.717, 1.165) is 0 Å². The first-order valence-electron chi connectivity index (χ1n) is 4.89. The van der Waals surface area contributed by atoms with Gasteiger partial charge in [0.1, 0.15) is 6.04 Å². The van der Waals surface area contributed by atoms with E-state index in [1.165, 1.54) is 23.3 Å². The highest BCUT2D eigenvalue weighted by Gasteiger charge is 2.23. The molecule has 1 atom stereocenters. The third-order valence-corrected chi connectivity index (χ3v) is 3.47. The second-order valence-electron chi connectivity index (χ2n) is 3.52. The Labute approximate surface area is 103 Å².